The zero-order valence-electron chi connectivity index (χ0n) is 7.46. The molecule has 1 aliphatic rings. The van der Waals surface area contributed by atoms with E-state index in [4.69, 9.17) is 5.11 Å². The summed E-state index contributed by atoms with van der Waals surface area (Å²) in [4.78, 5) is 14.9. The number of aliphatic carboxylic acids is 1. The standard InChI is InChI=1S/C9H12INO2/c1-2-7-3-4-11-9(7,6-10)5-8(12)13/h3-4H,2,5-6H2,1H3,(H,12,13). The molecule has 1 aliphatic heterocycles. The number of carbonyl (C=O) groups is 1. The molecular formula is C9H12INO2. The van der Waals surface area contributed by atoms with E-state index in [1.807, 2.05) is 13.0 Å². The monoisotopic (exact) mass is 293 g/mol. The Morgan fingerprint density at radius 2 is 2.46 bits per heavy atom. The fourth-order valence-corrected chi connectivity index (χ4v) is 2.49. The number of rotatable bonds is 4. The van der Waals surface area contributed by atoms with E-state index in [-0.39, 0.29) is 6.42 Å². The molecule has 0 saturated heterocycles. The summed E-state index contributed by atoms with van der Waals surface area (Å²) in [6, 6.07) is 0. The topological polar surface area (TPSA) is 49.7 Å². The van der Waals surface area contributed by atoms with Crippen LogP contribution in [0.25, 0.3) is 0 Å². The van der Waals surface area contributed by atoms with Crippen molar-refractivity contribution < 1.29 is 9.90 Å². The molecule has 0 aliphatic carbocycles. The van der Waals surface area contributed by atoms with Crippen LogP contribution >= 0.6 is 22.6 Å². The molecule has 4 heteroatoms. The van der Waals surface area contributed by atoms with Crippen LogP contribution in [0.3, 0.4) is 0 Å². The van der Waals surface area contributed by atoms with E-state index in [1.165, 1.54) is 0 Å². The highest BCUT2D eigenvalue weighted by atomic mass is 127. The summed E-state index contributed by atoms with van der Waals surface area (Å²) in [6.45, 7) is 2.03. The van der Waals surface area contributed by atoms with Gasteiger partial charge in [0.05, 0.1) is 6.42 Å². The first kappa shape index (κ1) is 10.7. The molecule has 0 aromatic heterocycles. The van der Waals surface area contributed by atoms with E-state index in [0.29, 0.717) is 0 Å². The quantitative estimate of drug-likeness (QED) is 0.637. The van der Waals surface area contributed by atoms with Gasteiger partial charge in [-0.2, -0.15) is 0 Å². The minimum absolute atomic E-state index is 0.103. The molecule has 0 saturated carbocycles. The molecule has 0 fully saturated rings. The predicted molar refractivity (Wildman–Crippen MR) is 60.7 cm³/mol. The van der Waals surface area contributed by atoms with E-state index in [9.17, 15) is 4.79 Å². The molecule has 1 N–H and O–H groups in total. The number of hydrogen-bond acceptors (Lipinski definition) is 2. The van der Waals surface area contributed by atoms with Gasteiger partial charge in [0.15, 0.2) is 0 Å². The number of aliphatic imine (C=N–C) groups is 1. The zero-order valence-corrected chi connectivity index (χ0v) is 9.61. The molecular weight excluding hydrogens is 281 g/mol. The fraction of sp³-hybridized carbons (Fsp3) is 0.556. The van der Waals surface area contributed by atoms with Crippen LogP contribution < -0.4 is 0 Å². The van der Waals surface area contributed by atoms with Crippen LogP contribution in [0.1, 0.15) is 19.8 Å². The van der Waals surface area contributed by atoms with E-state index in [2.05, 4.69) is 27.6 Å². The molecule has 1 unspecified atom stereocenters. The molecule has 13 heavy (non-hydrogen) atoms. The highest BCUT2D eigenvalue weighted by Gasteiger charge is 2.35. The van der Waals surface area contributed by atoms with Crippen LogP contribution in [0.2, 0.25) is 0 Å². The van der Waals surface area contributed by atoms with E-state index in [0.717, 1.165) is 16.4 Å². The molecule has 1 atom stereocenters. The molecule has 0 aromatic carbocycles. The summed E-state index contributed by atoms with van der Waals surface area (Å²) >= 11 is 2.20. The summed E-state index contributed by atoms with van der Waals surface area (Å²) in [6.07, 6.45) is 4.63. The molecule has 72 valence electrons. The first-order chi connectivity index (χ1) is 6.14. The third-order valence-electron chi connectivity index (χ3n) is 2.24. The minimum Gasteiger partial charge on any atom is -0.481 e. The van der Waals surface area contributed by atoms with Gasteiger partial charge in [-0.05, 0) is 18.1 Å². The van der Waals surface area contributed by atoms with Crippen molar-refractivity contribution in [3.63, 3.8) is 0 Å². The van der Waals surface area contributed by atoms with Crippen molar-refractivity contribution in [2.24, 2.45) is 4.99 Å². The Balaban J connectivity index is 2.86. The normalized spacial score (nSPS) is 26.2. The predicted octanol–water partition coefficient (Wildman–Crippen LogP) is 2.06. The van der Waals surface area contributed by atoms with E-state index < -0.39 is 11.5 Å². The maximum Gasteiger partial charge on any atom is 0.306 e. The average Bonchev–Trinajstić information content (AvgIpc) is 2.47. The van der Waals surface area contributed by atoms with Crippen molar-refractivity contribution in [3.05, 3.63) is 11.6 Å². The van der Waals surface area contributed by atoms with Gasteiger partial charge in [-0.15, -0.1) is 0 Å². The summed E-state index contributed by atoms with van der Waals surface area (Å²) < 4.78 is 0.729. The third kappa shape index (κ3) is 2.10. The van der Waals surface area contributed by atoms with Gasteiger partial charge in [0.2, 0.25) is 0 Å². The number of hydrogen-bond donors (Lipinski definition) is 1. The minimum atomic E-state index is -0.782. The van der Waals surface area contributed by atoms with Crippen molar-refractivity contribution in [1.82, 2.24) is 0 Å². The maximum atomic E-state index is 10.7. The lowest BCUT2D eigenvalue weighted by molar-refractivity contribution is -0.137. The largest absolute Gasteiger partial charge is 0.481 e. The summed E-state index contributed by atoms with van der Waals surface area (Å²) in [5.74, 6) is -0.782. The van der Waals surface area contributed by atoms with Gasteiger partial charge in [-0.1, -0.05) is 29.5 Å². The van der Waals surface area contributed by atoms with Crippen LogP contribution in [-0.4, -0.2) is 27.3 Å². The Morgan fingerprint density at radius 3 is 2.92 bits per heavy atom. The number of halogens is 1. The van der Waals surface area contributed by atoms with Crippen LogP contribution in [0.15, 0.2) is 16.6 Å². The van der Waals surface area contributed by atoms with Crippen LogP contribution in [0.4, 0.5) is 0 Å². The van der Waals surface area contributed by atoms with Gasteiger partial charge in [0, 0.05) is 10.6 Å². The molecule has 0 aromatic rings. The molecule has 3 nitrogen and oxygen atoms in total. The average molecular weight is 293 g/mol. The van der Waals surface area contributed by atoms with Crippen LogP contribution in [-0.2, 0) is 4.79 Å². The summed E-state index contributed by atoms with van der Waals surface area (Å²) in [5, 5.41) is 8.78. The van der Waals surface area contributed by atoms with Crippen LogP contribution in [0, 0.1) is 0 Å². The van der Waals surface area contributed by atoms with Gasteiger partial charge in [0.1, 0.15) is 5.54 Å². The van der Waals surface area contributed by atoms with Gasteiger partial charge < -0.3 is 5.11 Å². The Morgan fingerprint density at radius 1 is 1.77 bits per heavy atom. The second-order valence-electron chi connectivity index (χ2n) is 3.06. The summed E-state index contributed by atoms with van der Waals surface area (Å²) in [7, 11) is 0. The Kier molecular flexibility index (Phi) is 3.47. The first-order valence-corrected chi connectivity index (χ1v) is 5.70. The van der Waals surface area contributed by atoms with Gasteiger partial charge >= 0.3 is 5.97 Å². The number of nitrogens with zero attached hydrogens (tertiary/aromatic N) is 1. The molecule has 0 amide bonds. The molecule has 0 bridgehead atoms. The molecule has 0 spiro atoms. The van der Waals surface area contributed by atoms with Crippen molar-refractivity contribution in [2.45, 2.75) is 25.3 Å². The number of carboxylic acid groups (broad SMARTS) is 1. The highest BCUT2D eigenvalue weighted by Crippen LogP contribution is 2.33. The summed E-state index contributed by atoms with van der Waals surface area (Å²) in [5.41, 5.74) is 0.672. The number of allylic oxidation sites excluding steroid dienone is 1. The van der Waals surface area contributed by atoms with Gasteiger partial charge in [0.25, 0.3) is 0 Å². The lowest BCUT2D eigenvalue weighted by Gasteiger charge is -2.25. The maximum absolute atomic E-state index is 10.7. The Hall–Kier alpha value is -0.390. The van der Waals surface area contributed by atoms with Crippen molar-refractivity contribution in [3.8, 4) is 0 Å². The molecule has 0 radical (unpaired) electrons. The number of alkyl halides is 1. The van der Waals surface area contributed by atoms with Crippen molar-refractivity contribution in [1.29, 1.82) is 0 Å². The smallest absolute Gasteiger partial charge is 0.306 e. The lowest BCUT2D eigenvalue weighted by atomic mass is 9.89. The van der Waals surface area contributed by atoms with E-state index in [1.54, 1.807) is 6.21 Å². The Labute approximate surface area is 91.1 Å². The van der Waals surface area contributed by atoms with Crippen LogP contribution in [0.5, 0.6) is 0 Å². The fourth-order valence-electron chi connectivity index (χ4n) is 1.53. The second kappa shape index (κ2) is 4.21. The lowest BCUT2D eigenvalue weighted by Crippen LogP contribution is -2.32. The molecule has 1 heterocycles. The van der Waals surface area contributed by atoms with Crippen molar-refractivity contribution >= 4 is 34.8 Å². The number of carboxylic acids is 1. The first-order valence-electron chi connectivity index (χ1n) is 4.17. The SMILES string of the molecule is CCC1=CC=NC1(CI)CC(=O)O. The van der Waals surface area contributed by atoms with E-state index >= 15 is 0 Å². The highest BCUT2D eigenvalue weighted by molar-refractivity contribution is 14.1. The Bertz CT molecular complexity index is 273. The van der Waals surface area contributed by atoms with Crippen molar-refractivity contribution in [2.75, 3.05) is 4.43 Å². The second-order valence-corrected chi connectivity index (χ2v) is 3.82. The van der Waals surface area contributed by atoms with Gasteiger partial charge in [-0.3, -0.25) is 9.79 Å². The third-order valence-corrected chi connectivity index (χ3v) is 3.50. The molecule has 1 rings (SSSR count). The zero-order chi connectivity index (χ0) is 9.90. The van der Waals surface area contributed by atoms with Gasteiger partial charge in [-0.25, -0.2) is 0 Å².